The molecule has 1 aromatic carbocycles. The Bertz CT molecular complexity index is 971. The van der Waals surface area contributed by atoms with Crippen LogP contribution in [0, 0.1) is 0 Å². The second kappa shape index (κ2) is 7.64. The molecule has 0 unspecified atom stereocenters. The maximum Gasteiger partial charge on any atom is 0.336 e. The Morgan fingerprint density at radius 2 is 2.00 bits per heavy atom. The van der Waals surface area contributed by atoms with Crippen molar-refractivity contribution in [2.75, 3.05) is 25.6 Å². The molecule has 0 N–H and O–H groups in total. The number of hydrogen-bond donors (Lipinski definition) is 0. The van der Waals surface area contributed by atoms with Crippen LogP contribution in [-0.2, 0) is 16.1 Å². The van der Waals surface area contributed by atoms with Crippen molar-refractivity contribution in [1.82, 2.24) is 9.97 Å². The van der Waals surface area contributed by atoms with Gasteiger partial charge >= 0.3 is 11.6 Å². The van der Waals surface area contributed by atoms with Crippen LogP contribution < -0.4 is 15.3 Å². The van der Waals surface area contributed by atoms with E-state index in [1.54, 1.807) is 48.6 Å². The highest BCUT2D eigenvalue weighted by Gasteiger charge is 2.13. The molecule has 3 rings (SSSR count). The minimum Gasteiger partial charge on any atom is -0.497 e. The van der Waals surface area contributed by atoms with Crippen molar-refractivity contribution >= 4 is 22.9 Å². The molecule has 8 nitrogen and oxygen atoms in total. The summed E-state index contributed by atoms with van der Waals surface area (Å²) in [5.74, 6) is 0.525. The molecule has 0 atom stereocenters. The number of esters is 1. The fourth-order valence-electron chi connectivity index (χ4n) is 2.41. The topological polar surface area (TPSA) is 94.8 Å². The number of methoxy groups -OCH3 is 1. The first kappa shape index (κ1) is 17.4. The van der Waals surface area contributed by atoms with Crippen molar-refractivity contribution in [1.29, 1.82) is 0 Å². The fraction of sp³-hybridized carbons (Fsp3) is 0.222. The molecule has 2 aromatic heterocycles. The summed E-state index contributed by atoms with van der Waals surface area (Å²) in [7, 11) is 3.22. The quantitative estimate of drug-likeness (QED) is 0.488. The Kier molecular flexibility index (Phi) is 5.12. The highest BCUT2D eigenvalue weighted by molar-refractivity contribution is 5.82. The Labute approximate surface area is 149 Å². The smallest absolute Gasteiger partial charge is 0.336 e. The van der Waals surface area contributed by atoms with Gasteiger partial charge in [0, 0.05) is 42.5 Å². The third-order valence-corrected chi connectivity index (χ3v) is 3.69. The van der Waals surface area contributed by atoms with Gasteiger partial charge in [-0.2, -0.15) is 0 Å². The summed E-state index contributed by atoms with van der Waals surface area (Å²) in [6.45, 7) is -0.0615. The number of aromatic nitrogens is 2. The molecule has 3 aromatic rings. The molecule has 0 fully saturated rings. The molecule has 0 aliphatic carbocycles. The normalized spacial score (nSPS) is 10.5. The number of benzene rings is 1. The summed E-state index contributed by atoms with van der Waals surface area (Å²) < 4.78 is 15.6. The first-order valence-corrected chi connectivity index (χ1v) is 7.81. The minimum atomic E-state index is -0.522. The van der Waals surface area contributed by atoms with E-state index in [-0.39, 0.29) is 13.2 Å². The lowest BCUT2D eigenvalue weighted by molar-refractivity contribution is -0.143. The predicted octanol–water partition coefficient (Wildman–Crippen LogP) is 1.77. The van der Waals surface area contributed by atoms with Crippen LogP contribution in [0.4, 0.5) is 5.95 Å². The van der Waals surface area contributed by atoms with Gasteiger partial charge in [0.1, 0.15) is 24.5 Å². The zero-order valence-electron chi connectivity index (χ0n) is 14.3. The van der Waals surface area contributed by atoms with Crippen molar-refractivity contribution in [3.05, 3.63) is 58.7 Å². The van der Waals surface area contributed by atoms with Crippen LogP contribution in [0.15, 0.2) is 51.9 Å². The first-order valence-electron chi connectivity index (χ1n) is 7.81. The van der Waals surface area contributed by atoms with Crippen molar-refractivity contribution in [2.45, 2.75) is 6.61 Å². The summed E-state index contributed by atoms with van der Waals surface area (Å²) >= 11 is 0. The van der Waals surface area contributed by atoms with Gasteiger partial charge in [0.2, 0.25) is 5.95 Å². The van der Waals surface area contributed by atoms with E-state index in [1.807, 2.05) is 0 Å². The van der Waals surface area contributed by atoms with Gasteiger partial charge in [-0.05, 0) is 18.2 Å². The average Bonchev–Trinajstić information content (AvgIpc) is 2.66. The van der Waals surface area contributed by atoms with Crippen molar-refractivity contribution in [3.63, 3.8) is 0 Å². The zero-order valence-corrected chi connectivity index (χ0v) is 14.3. The standard InChI is InChI=1S/C18H17N3O5/c1-21(18-19-6-3-7-20-18)10-17(23)25-11-12-8-16(22)26-15-9-13(24-2)4-5-14(12)15/h3-9H,10-11H2,1-2H3. The summed E-state index contributed by atoms with van der Waals surface area (Å²) in [6.07, 6.45) is 3.18. The van der Waals surface area contributed by atoms with Crippen LogP contribution in [0.5, 0.6) is 5.75 Å². The second-order valence-corrected chi connectivity index (χ2v) is 5.52. The van der Waals surface area contributed by atoms with E-state index in [0.717, 1.165) is 0 Å². The van der Waals surface area contributed by atoms with Gasteiger partial charge in [-0.1, -0.05) is 0 Å². The van der Waals surface area contributed by atoms with Crippen molar-refractivity contribution in [3.8, 4) is 5.75 Å². The van der Waals surface area contributed by atoms with Crippen LogP contribution in [0.1, 0.15) is 5.56 Å². The summed E-state index contributed by atoms with van der Waals surface area (Å²) in [4.78, 5) is 33.5. The monoisotopic (exact) mass is 355 g/mol. The fourth-order valence-corrected chi connectivity index (χ4v) is 2.41. The number of nitrogens with zero attached hydrogens (tertiary/aromatic N) is 3. The molecule has 26 heavy (non-hydrogen) atoms. The molecular formula is C18H17N3O5. The molecule has 0 amide bonds. The molecule has 134 valence electrons. The molecule has 0 aliphatic rings. The van der Waals surface area contributed by atoms with Gasteiger partial charge in [0.15, 0.2) is 0 Å². The van der Waals surface area contributed by atoms with Crippen molar-refractivity contribution in [2.24, 2.45) is 0 Å². The van der Waals surface area contributed by atoms with Gasteiger partial charge in [-0.15, -0.1) is 0 Å². The van der Waals surface area contributed by atoms with Crippen LogP contribution >= 0.6 is 0 Å². The number of carbonyl (C=O) groups excluding carboxylic acids is 1. The third kappa shape index (κ3) is 3.97. The molecule has 0 spiro atoms. The lowest BCUT2D eigenvalue weighted by Gasteiger charge is -2.15. The molecule has 0 aliphatic heterocycles. The Morgan fingerprint density at radius 1 is 1.23 bits per heavy atom. The minimum absolute atomic E-state index is 0.0167. The highest BCUT2D eigenvalue weighted by Crippen LogP contribution is 2.23. The SMILES string of the molecule is COc1ccc2c(COC(=O)CN(C)c3ncccn3)cc(=O)oc2c1. The molecule has 0 bridgehead atoms. The highest BCUT2D eigenvalue weighted by atomic mass is 16.5. The second-order valence-electron chi connectivity index (χ2n) is 5.52. The summed E-state index contributed by atoms with van der Waals surface area (Å²) in [6, 6.07) is 8.11. The first-order chi connectivity index (χ1) is 12.6. The molecule has 2 heterocycles. The molecule has 0 radical (unpaired) electrons. The van der Waals surface area contributed by atoms with E-state index < -0.39 is 11.6 Å². The Morgan fingerprint density at radius 3 is 2.73 bits per heavy atom. The van der Waals surface area contributed by atoms with Gasteiger partial charge in [0.05, 0.1) is 7.11 Å². The van der Waals surface area contributed by atoms with E-state index in [0.29, 0.717) is 28.2 Å². The number of anilines is 1. The molecule has 8 heteroatoms. The van der Waals surface area contributed by atoms with Crippen LogP contribution in [0.25, 0.3) is 11.0 Å². The number of carbonyl (C=O) groups is 1. The van der Waals surface area contributed by atoms with Crippen molar-refractivity contribution < 1.29 is 18.7 Å². The Balaban J connectivity index is 1.71. The van der Waals surface area contributed by atoms with E-state index in [2.05, 4.69) is 9.97 Å². The van der Waals surface area contributed by atoms with Gasteiger partial charge in [0.25, 0.3) is 0 Å². The van der Waals surface area contributed by atoms with Gasteiger partial charge in [-0.3, -0.25) is 4.79 Å². The summed E-state index contributed by atoms with van der Waals surface area (Å²) in [5.41, 5.74) is 0.412. The molecule has 0 saturated heterocycles. The maximum absolute atomic E-state index is 12.1. The van der Waals surface area contributed by atoms with Crippen LogP contribution in [-0.4, -0.2) is 36.6 Å². The summed E-state index contributed by atoms with van der Waals surface area (Å²) in [5, 5.41) is 0.679. The van der Waals surface area contributed by atoms with Gasteiger partial charge < -0.3 is 18.8 Å². The zero-order chi connectivity index (χ0) is 18.5. The predicted molar refractivity (Wildman–Crippen MR) is 94.1 cm³/mol. The van der Waals surface area contributed by atoms with Gasteiger partial charge in [-0.25, -0.2) is 14.8 Å². The van der Waals surface area contributed by atoms with E-state index in [4.69, 9.17) is 13.9 Å². The molecular weight excluding hydrogens is 338 g/mol. The largest absolute Gasteiger partial charge is 0.497 e. The average molecular weight is 355 g/mol. The Hall–Kier alpha value is -3.42. The van der Waals surface area contributed by atoms with E-state index in [9.17, 15) is 9.59 Å². The van der Waals surface area contributed by atoms with E-state index in [1.165, 1.54) is 13.2 Å². The van der Waals surface area contributed by atoms with Crippen LogP contribution in [0.3, 0.4) is 0 Å². The van der Waals surface area contributed by atoms with E-state index >= 15 is 0 Å². The number of fused-ring (bicyclic) bond motifs is 1. The maximum atomic E-state index is 12.1. The third-order valence-electron chi connectivity index (χ3n) is 3.69. The lowest BCUT2D eigenvalue weighted by atomic mass is 10.1. The van der Waals surface area contributed by atoms with Crippen LogP contribution in [0.2, 0.25) is 0 Å². The number of ether oxygens (including phenoxy) is 2. The number of likely N-dealkylation sites (N-methyl/N-ethyl adjacent to an activating group) is 1. The number of hydrogen-bond acceptors (Lipinski definition) is 8. The molecule has 0 saturated carbocycles. The lowest BCUT2D eigenvalue weighted by Crippen LogP contribution is -2.28. The number of rotatable bonds is 6.